The maximum absolute atomic E-state index is 12.7. The molecule has 1 aliphatic rings. The minimum absolute atomic E-state index is 0.123. The Kier molecular flexibility index (Phi) is 4.24. The first-order valence-electron chi connectivity index (χ1n) is 8.80. The van der Waals surface area contributed by atoms with E-state index in [0.717, 1.165) is 55.0 Å². The van der Waals surface area contributed by atoms with Crippen LogP contribution in [0.15, 0.2) is 54.9 Å². The molecule has 128 valence electrons. The standard InChI is InChI=1S/C20H22N4O/c1-2-22-11-13-23(14-12-22)20(25)16-7-9-17(10-8-16)24-15-21-18-5-3-4-6-19(18)24/h3-10,15H,2,11-14H2,1H3. The molecule has 1 fully saturated rings. The highest BCUT2D eigenvalue weighted by Crippen LogP contribution is 2.19. The van der Waals surface area contributed by atoms with Gasteiger partial charge in [-0.3, -0.25) is 9.36 Å². The fourth-order valence-corrected chi connectivity index (χ4v) is 3.38. The number of piperazine rings is 1. The monoisotopic (exact) mass is 334 g/mol. The number of imidazole rings is 1. The maximum atomic E-state index is 12.7. The lowest BCUT2D eigenvalue weighted by Crippen LogP contribution is -2.48. The summed E-state index contributed by atoms with van der Waals surface area (Å²) in [6, 6.07) is 15.9. The van der Waals surface area contributed by atoms with E-state index in [1.807, 2.05) is 58.3 Å². The molecular weight excluding hydrogens is 312 g/mol. The zero-order chi connectivity index (χ0) is 17.2. The Hall–Kier alpha value is -2.66. The normalized spacial score (nSPS) is 15.6. The minimum Gasteiger partial charge on any atom is -0.336 e. The number of rotatable bonds is 3. The number of para-hydroxylation sites is 2. The van der Waals surface area contributed by atoms with E-state index in [1.165, 1.54) is 0 Å². The molecule has 0 saturated carbocycles. The number of benzene rings is 2. The number of hydrogen-bond donors (Lipinski definition) is 0. The van der Waals surface area contributed by atoms with Crippen molar-refractivity contribution in [1.82, 2.24) is 19.4 Å². The van der Waals surface area contributed by atoms with E-state index < -0.39 is 0 Å². The molecular formula is C20H22N4O. The summed E-state index contributed by atoms with van der Waals surface area (Å²) >= 11 is 0. The molecule has 5 heteroatoms. The molecule has 25 heavy (non-hydrogen) atoms. The second-order valence-electron chi connectivity index (χ2n) is 6.38. The molecule has 1 aromatic heterocycles. The molecule has 1 amide bonds. The van der Waals surface area contributed by atoms with Gasteiger partial charge in [0, 0.05) is 37.4 Å². The predicted molar refractivity (Wildman–Crippen MR) is 99.1 cm³/mol. The third-order valence-electron chi connectivity index (χ3n) is 4.95. The molecule has 0 bridgehead atoms. The summed E-state index contributed by atoms with van der Waals surface area (Å²) < 4.78 is 2.05. The van der Waals surface area contributed by atoms with Crippen molar-refractivity contribution in [2.24, 2.45) is 0 Å². The van der Waals surface area contributed by atoms with Gasteiger partial charge in [0.05, 0.1) is 11.0 Å². The molecule has 5 nitrogen and oxygen atoms in total. The summed E-state index contributed by atoms with van der Waals surface area (Å²) in [4.78, 5) is 21.4. The quantitative estimate of drug-likeness (QED) is 0.740. The highest BCUT2D eigenvalue weighted by Gasteiger charge is 2.21. The molecule has 0 unspecified atom stereocenters. The number of likely N-dealkylation sites (N-methyl/N-ethyl adjacent to an activating group) is 1. The summed E-state index contributed by atoms with van der Waals surface area (Å²) in [5.41, 5.74) is 3.80. The van der Waals surface area contributed by atoms with Crippen molar-refractivity contribution < 1.29 is 4.79 Å². The van der Waals surface area contributed by atoms with Gasteiger partial charge in [0.15, 0.2) is 0 Å². The van der Waals surface area contributed by atoms with Gasteiger partial charge in [-0.25, -0.2) is 4.98 Å². The number of carbonyl (C=O) groups excluding carboxylic acids is 1. The van der Waals surface area contributed by atoms with E-state index in [0.29, 0.717) is 0 Å². The van der Waals surface area contributed by atoms with Crippen LogP contribution in [-0.4, -0.2) is 58.0 Å². The first-order valence-corrected chi connectivity index (χ1v) is 8.80. The average Bonchev–Trinajstić information content (AvgIpc) is 3.12. The molecule has 3 aromatic rings. The SMILES string of the molecule is CCN1CCN(C(=O)c2ccc(-n3cnc4ccccc43)cc2)CC1. The highest BCUT2D eigenvalue weighted by molar-refractivity contribution is 5.94. The summed E-state index contributed by atoms with van der Waals surface area (Å²) in [6.07, 6.45) is 1.82. The van der Waals surface area contributed by atoms with Crippen LogP contribution in [0.2, 0.25) is 0 Å². The molecule has 2 heterocycles. The number of nitrogens with zero attached hydrogens (tertiary/aromatic N) is 4. The van der Waals surface area contributed by atoms with E-state index in [4.69, 9.17) is 0 Å². The molecule has 0 N–H and O–H groups in total. The van der Waals surface area contributed by atoms with Gasteiger partial charge >= 0.3 is 0 Å². The lowest BCUT2D eigenvalue weighted by molar-refractivity contribution is 0.0643. The zero-order valence-corrected chi connectivity index (χ0v) is 14.4. The Labute approximate surface area is 147 Å². The minimum atomic E-state index is 0.123. The van der Waals surface area contributed by atoms with Gasteiger partial charge in [0.1, 0.15) is 6.33 Å². The van der Waals surface area contributed by atoms with Gasteiger partial charge in [0.25, 0.3) is 5.91 Å². The average molecular weight is 334 g/mol. The summed E-state index contributed by atoms with van der Waals surface area (Å²) in [5.74, 6) is 0.123. The number of amides is 1. The number of aromatic nitrogens is 2. The fourth-order valence-electron chi connectivity index (χ4n) is 3.38. The summed E-state index contributed by atoms with van der Waals surface area (Å²) in [7, 11) is 0. The molecule has 0 aliphatic carbocycles. The van der Waals surface area contributed by atoms with E-state index in [-0.39, 0.29) is 5.91 Å². The zero-order valence-electron chi connectivity index (χ0n) is 14.4. The van der Waals surface area contributed by atoms with Crippen LogP contribution in [0, 0.1) is 0 Å². The molecule has 1 saturated heterocycles. The Morgan fingerprint density at radius 2 is 1.72 bits per heavy atom. The Morgan fingerprint density at radius 3 is 2.44 bits per heavy atom. The lowest BCUT2D eigenvalue weighted by Gasteiger charge is -2.34. The maximum Gasteiger partial charge on any atom is 0.253 e. The Balaban J connectivity index is 1.53. The molecule has 4 rings (SSSR count). The molecule has 1 aliphatic heterocycles. The van der Waals surface area contributed by atoms with E-state index in [9.17, 15) is 4.79 Å². The van der Waals surface area contributed by atoms with Gasteiger partial charge in [-0.05, 0) is 42.9 Å². The van der Waals surface area contributed by atoms with Gasteiger partial charge in [0.2, 0.25) is 0 Å². The smallest absolute Gasteiger partial charge is 0.253 e. The van der Waals surface area contributed by atoms with Gasteiger partial charge < -0.3 is 9.80 Å². The second kappa shape index (κ2) is 6.69. The number of hydrogen-bond acceptors (Lipinski definition) is 3. The first kappa shape index (κ1) is 15.8. The fraction of sp³-hybridized carbons (Fsp3) is 0.300. The van der Waals surface area contributed by atoms with Crippen molar-refractivity contribution in [3.05, 3.63) is 60.4 Å². The van der Waals surface area contributed by atoms with Crippen LogP contribution < -0.4 is 0 Å². The highest BCUT2D eigenvalue weighted by atomic mass is 16.2. The Bertz CT molecular complexity index is 876. The van der Waals surface area contributed by atoms with Crippen molar-refractivity contribution in [3.8, 4) is 5.69 Å². The largest absolute Gasteiger partial charge is 0.336 e. The van der Waals surface area contributed by atoms with Crippen LogP contribution >= 0.6 is 0 Å². The Morgan fingerprint density at radius 1 is 1.00 bits per heavy atom. The number of carbonyl (C=O) groups is 1. The molecule has 0 atom stereocenters. The van der Waals surface area contributed by atoms with Crippen LogP contribution in [0.5, 0.6) is 0 Å². The lowest BCUT2D eigenvalue weighted by atomic mass is 10.1. The number of fused-ring (bicyclic) bond motifs is 1. The van der Waals surface area contributed by atoms with E-state index in [1.54, 1.807) is 0 Å². The molecule has 2 aromatic carbocycles. The van der Waals surface area contributed by atoms with Crippen LogP contribution in [-0.2, 0) is 0 Å². The van der Waals surface area contributed by atoms with Crippen molar-refractivity contribution in [3.63, 3.8) is 0 Å². The predicted octanol–water partition coefficient (Wildman–Crippen LogP) is 2.80. The van der Waals surface area contributed by atoms with Gasteiger partial charge in [-0.1, -0.05) is 19.1 Å². The van der Waals surface area contributed by atoms with Crippen LogP contribution in [0.4, 0.5) is 0 Å². The van der Waals surface area contributed by atoms with Crippen molar-refractivity contribution in [1.29, 1.82) is 0 Å². The summed E-state index contributed by atoms with van der Waals surface area (Å²) in [6.45, 7) is 6.75. The van der Waals surface area contributed by atoms with Crippen molar-refractivity contribution in [2.45, 2.75) is 6.92 Å². The van der Waals surface area contributed by atoms with Crippen LogP contribution in [0.25, 0.3) is 16.7 Å². The first-order chi connectivity index (χ1) is 12.3. The van der Waals surface area contributed by atoms with Gasteiger partial charge in [-0.2, -0.15) is 0 Å². The van der Waals surface area contributed by atoms with Crippen LogP contribution in [0.3, 0.4) is 0 Å². The molecule has 0 spiro atoms. The van der Waals surface area contributed by atoms with E-state index in [2.05, 4.69) is 22.9 Å². The van der Waals surface area contributed by atoms with Crippen LogP contribution in [0.1, 0.15) is 17.3 Å². The van der Waals surface area contributed by atoms with E-state index >= 15 is 0 Å². The third-order valence-corrected chi connectivity index (χ3v) is 4.95. The topological polar surface area (TPSA) is 41.4 Å². The third kappa shape index (κ3) is 3.03. The van der Waals surface area contributed by atoms with Gasteiger partial charge in [-0.15, -0.1) is 0 Å². The summed E-state index contributed by atoms with van der Waals surface area (Å²) in [5, 5.41) is 0. The second-order valence-corrected chi connectivity index (χ2v) is 6.38. The molecule has 0 radical (unpaired) electrons. The van der Waals surface area contributed by atoms with Crippen molar-refractivity contribution >= 4 is 16.9 Å². The van der Waals surface area contributed by atoms with Crippen molar-refractivity contribution in [2.75, 3.05) is 32.7 Å².